The van der Waals surface area contributed by atoms with E-state index < -0.39 is 10.0 Å². The Morgan fingerprint density at radius 2 is 2.14 bits per heavy atom. The average molecular weight is 332 g/mol. The molecule has 0 saturated carbocycles. The summed E-state index contributed by atoms with van der Waals surface area (Å²) >= 11 is 1.79. The lowest BCUT2D eigenvalue weighted by Crippen LogP contribution is -2.38. The number of furan rings is 1. The second kappa shape index (κ2) is 6.73. The predicted octanol–water partition coefficient (Wildman–Crippen LogP) is 2.34. The third-order valence-corrected chi connectivity index (χ3v) is 5.79. The van der Waals surface area contributed by atoms with E-state index in [2.05, 4.69) is 30.8 Å². The molecule has 1 saturated heterocycles. The van der Waals surface area contributed by atoms with Crippen molar-refractivity contribution in [3.63, 3.8) is 0 Å². The van der Waals surface area contributed by atoms with Crippen LogP contribution in [0.5, 0.6) is 0 Å². The minimum absolute atomic E-state index is 0.00350. The third-order valence-electron chi connectivity index (χ3n) is 3.18. The van der Waals surface area contributed by atoms with Crippen molar-refractivity contribution in [3.8, 4) is 0 Å². The molecule has 0 aromatic carbocycles. The first kappa shape index (κ1) is 16.9. The van der Waals surface area contributed by atoms with Crippen LogP contribution in [0.2, 0.25) is 0 Å². The summed E-state index contributed by atoms with van der Waals surface area (Å²) in [5.74, 6) is 2.57. The van der Waals surface area contributed by atoms with Gasteiger partial charge in [-0.3, -0.25) is 0 Å². The van der Waals surface area contributed by atoms with E-state index in [1.807, 2.05) is 0 Å². The molecule has 1 aliphatic heterocycles. The van der Waals surface area contributed by atoms with Crippen LogP contribution in [0, 0.1) is 0 Å². The van der Waals surface area contributed by atoms with Crippen LogP contribution in [0.15, 0.2) is 21.6 Å². The van der Waals surface area contributed by atoms with Gasteiger partial charge >= 0.3 is 0 Å². The Kier molecular flexibility index (Phi) is 5.40. The van der Waals surface area contributed by atoms with Crippen molar-refractivity contribution in [2.45, 2.75) is 56.8 Å². The molecule has 0 spiro atoms. The summed E-state index contributed by atoms with van der Waals surface area (Å²) in [6, 6.07) is 3.25. The van der Waals surface area contributed by atoms with Crippen molar-refractivity contribution in [2.24, 2.45) is 0 Å². The van der Waals surface area contributed by atoms with Gasteiger partial charge in [0.15, 0.2) is 0 Å². The van der Waals surface area contributed by atoms with Crippen LogP contribution >= 0.6 is 11.8 Å². The highest BCUT2D eigenvalue weighted by Gasteiger charge is 2.25. The zero-order chi connectivity index (χ0) is 15.5. The molecule has 1 aliphatic rings. The minimum Gasteiger partial charge on any atom is -0.447 e. The van der Waals surface area contributed by atoms with Crippen molar-refractivity contribution in [2.75, 3.05) is 11.5 Å². The molecule has 0 aliphatic carbocycles. The predicted molar refractivity (Wildman–Crippen MR) is 86.0 cm³/mol. The molecule has 2 N–H and O–H groups in total. The standard InChI is InChI=1S/C14H24N2O3S2/c1-14(2,3)15-9-12-6-7-13(19-12)21(17,18)16-11-5-4-8-20-10-11/h6-7,11,15-16H,4-5,8-10H2,1-3H3. The first-order valence-electron chi connectivity index (χ1n) is 7.20. The molecule has 1 atom stereocenters. The number of rotatable bonds is 5. The number of hydrogen-bond acceptors (Lipinski definition) is 5. The molecule has 2 heterocycles. The minimum atomic E-state index is -3.55. The zero-order valence-electron chi connectivity index (χ0n) is 12.8. The summed E-state index contributed by atoms with van der Waals surface area (Å²) in [6.07, 6.45) is 1.95. The summed E-state index contributed by atoms with van der Waals surface area (Å²) in [4.78, 5) is 0. The SMILES string of the molecule is CC(C)(C)NCc1ccc(S(=O)(=O)NC2CCCSC2)o1. The monoisotopic (exact) mass is 332 g/mol. The summed E-state index contributed by atoms with van der Waals surface area (Å²) in [6.45, 7) is 6.67. The second-order valence-electron chi connectivity index (χ2n) is 6.36. The van der Waals surface area contributed by atoms with Gasteiger partial charge in [0.2, 0.25) is 5.09 Å². The molecule has 1 aromatic heterocycles. The fourth-order valence-electron chi connectivity index (χ4n) is 2.06. The second-order valence-corrected chi connectivity index (χ2v) is 9.15. The molecule has 1 aromatic rings. The summed E-state index contributed by atoms with van der Waals surface area (Å²) in [7, 11) is -3.55. The molecule has 0 radical (unpaired) electrons. The Morgan fingerprint density at radius 1 is 1.38 bits per heavy atom. The lowest BCUT2D eigenvalue weighted by Gasteiger charge is -2.21. The van der Waals surface area contributed by atoms with Crippen LogP contribution in [0.3, 0.4) is 0 Å². The largest absolute Gasteiger partial charge is 0.447 e. The lowest BCUT2D eigenvalue weighted by molar-refractivity contribution is 0.358. The highest BCUT2D eigenvalue weighted by molar-refractivity contribution is 7.99. The van der Waals surface area contributed by atoms with Crippen LogP contribution in [0.4, 0.5) is 0 Å². The summed E-state index contributed by atoms with van der Waals surface area (Å²) in [5, 5.41) is 3.28. The Bertz CT molecular complexity index is 555. The van der Waals surface area contributed by atoms with Gasteiger partial charge in [0, 0.05) is 17.3 Å². The van der Waals surface area contributed by atoms with E-state index >= 15 is 0 Å². The van der Waals surface area contributed by atoms with Crippen LogP contribution in [0.1, 0.15) is 39.4 Å². The fourth-order valence-corrected chi connectivity index (χ4v) is 4.46. The van der Waals surface area contributed by atoms with Crippen molar-refractivity contribution in [1.82, 2.24) is 10.0 Å². The van der Waals surface area contributed by atoms with E-state index in [0.29, 0.717) is 12.3 Å². The van der Waals surface area contributed by atoms with Crippen LogP contribution in [0.25, 0.3) is 0 Å². The maximum absolute atomic E-state index is 12.3. The quantitative estimate of drug-likeness (QED) is 0.866. The van der Waals surface area contributed by atoms with Crippen molar-refractivity contribution >= 4 is 21.8 Å². The van der Waals surface area contributed by atoms with Crippen molar-refractivity contribution in [1.29, 1.82) is 0 Å². The van der Waals surface area contributed by atoms with E-state index in [1.54, 1.807) is 17.8 Å². The van der Waals surface area contributed by atoms with Gasteiger partial charge in [-0.25, -0.2) is 13.1 Å². The molecule has 0 amide bonds. The molecule has 2 rings (SSSR count). The van der Waals surface area contributed by atoms with Crippen LogP contribution in [-0.4, -0.2) is 31.5 Å². The van der Waals surface area contributed by atoms with Crippen molar-refractivity contribution < 1.29 is 12.8 Å². The normalized spacial score (nSPS) is 20.6. The lowest BCUT2D eigenvalue weighted by atomic mass is 10.1. The van der Waals surface area contributed by atoms with Gasteiger partial charge in [0.1, 0.15) is 5.76 Å². The molecule has 21 heavy (non-hydrogen) atoms. The first-order chi connectivity index (χ1) is 9.76. The van der Waals surface area contributed by atoms with E-state index in [-0.39, 0.29) is 16.7 Å². The molecule has 5 nitrogen and oxygen atoms in total. The van der Waals surface area contributed by atoms with Gasteiger partial charge in [0.05, 0.1) is 6.54 Å². The number of sulfonamides is 1. The maximum Gasteiger partial charge on any atom is 0.274 e. The number of nitrogens with one attached hydrogen (secondary N) is 2. The van der Waals surface area contributed by atoms with Gasteiger partial charge in [0.25, 0.3) is 10.0 Å². The molecule has 7 heteroatoms. The van der Waals surface area contributed by atoms with E-state index in [0.717, 1.165) is 24.3 Å². The Hall–Kier alpha value is -0.500. The molecular weight excluding hydrogens is 308 g/mol. The topological polar surface area (TPSA) is 71.3 Å². The van der Waals surface area contributed by atoms with Gasteiger partial charge in [-0.2, -0.15) is 11.8 Å². The first-order valence-corrected chi connectivity index (χ1v) is 9.84. The van der Waals surface area contributed by atoms with Crippen LogP contribution in [-0.2, 0) is 16.6 Å². The third kappa shape index (κ3) is 5.32. The van der Waals surface area contributed by atoms with Crippen molar-refractivity contribution in [3.05, 3.63) is 17.9 Å². The van der Waals surface area contributed by atoms with Gasteiger partial charge in [-0.05, 0) is 51.5 Å². The van der Waals surface area contributed by atoms with Gasteiger partial charge < -0.3 is 9.73 Å². The highest BCUT2D eigenvalue weighted by atomic mass is 32.2. The Morgan fingerprint density at radius 3 is 2.76 bits per heavy atom. The zero-order valence-corrected chi connectivity index (χ0v) is 14.4. The number of hydrogen-bond donors (Lipinski definition) is 2. The van der Waals surface area contributed by atoms with Crippen LogP contribution < -0.4 is 10.0 Å². The fraction of sp³-hybridized carbons (Fsp3) is 0.714. The Labute approximate surface area is 131 Å². The smallest absolute Gasteiger partial charge is 0.274 e. The van der Waals surface area contributed by atoms with Gasteiger partial charge in [-0.15, -0.1) is 0 Å². The summed E-state index contributed by atoms with van der Waals surface area (Å²) in [5.41, 5.74) is -0.0383. The summed E-state index contributed by atoms with van der Waals surface area (Å²) < 4.78 is 32.8. The van der Waals surface area contributed by atoms with E-state index in [4.69, 9.17) is 4.42 Å². The Balaban J connectivity index is 1.98. The molecule has 1 fully saturated rings. The maximum atomic E-state index is 12.3. The van der Waals surface area contributed by atoms with E-state index in [1.165, 1.54) is 6.07 Å². The van der Waals surface area contributed by atoms with E-state index in [9.17, 15) is 8.42 Å². The van der Waals surface area contributed by atoms with Gasteiger partial charge in [-0.1, -0.05) is 0 Å². The molecule has 120 valence electrons. The highest BCUT2D eigenvalue weighted by Crippen LogP contribution is 2.20. The molecular formula is C14H24N2O3S2. The average Bonchev–Trinajstić information content (AvgIpc) is 2.86. The molecule has 1 unspecified atom stereocenters. The molecule has 0 bridgehead atoms. The number of thioether (sulfide) groups is 1.